The van der Waals surface area contributed by atoms with Crippen LogP contribution in [0.25, 0.3) is 20.8 Å². The number of thiazole rings is 1. The Morgan fingerprint density at radius 3 is 2.91 bits per heavy atom. The van der Waals surface area contributed by atoms with E-state index in [9.17, 15) is 9.59 Å². The summed E-state index contributed by atoms with van der Waals surface area (Å²) in [5.74, 6) is -0.381. The molecule has 5 rings (SSSR count). The van der Waals surface area contributed by atoms with Crippen LogP contribution < -0.4 is 10.6 Å². The van der Waals surface area contributed by atoms with Crippen LogP contribution in [-0.2, 0) is 14.3 Å². The molecule has 2 aromatic carbocycles. The molecular formula is C24H24N4O3S2. The molecular weight excluding hydrogens is 456 g/mol. The van der Waals surface area contributed by atoms with Gasteiger partial charge in [0.25, 0.3) is 0 Å². The summed E-state index contributed by atoms with van der Waals surface area (Å²) in [6.07, 6.45) is 2.28. The first-order chi connectivity index (χ1) is 16.0. The zero-order chi connectivity index (χ0) is 22.8. The van der Waals surface area contributed by atoms with Crippen LogP contribution in [0.2, 0.25) is 0 Å². The van der Waals surface area contributed by atoms with Gasteiger partial charge >= 0.3 is 0 Å². The highest BCUT2D eigenvalue weighted by atomic mass is 32.2. The smallest absolute Gasteiger partial charge is 0.240 e. The summed E-state index contributed by atoms with van der Waals surface area (Å²) in [6.45, 7) is 3.39. The number of carbonyl (C=O) groups excluding carboxylic acids is 2. The molecule has 2 atom stereocenters. The molecule has 0 spiro atoms. The standard InChI is InChI=1S/C24H24N4O3S2/c1-14-4-9-18-19(11-14)32-23(27-18)15-5-7-16(8-6-15)26-21(29)12-20-22(30)28-24(33-20)25-13-17-3-2-10-31-17/h4-9,11,17,20H,2-3,10,12-13H2,1H3,(H,26,29)(H,25,28,30)/t17-,20+/m1/s1. The van der Waals surface area contributed by atoms with E-state index in [4.69, 9.17) is 9.72 Å². The lowest BCUT2D eigenvalue weighted by molar-refractivity contribution is -0.122. The number of aryl methyl sites for hydroxylation is 1. The second-order valence-corrected chi connectivity index (χ2v) is 10.4. The molecule has 1 aromatic heterocycles. The number of carbonyl (C=O) groups is 2. The fraction of sp³-hybridized carbons (Fsp3) is 0.333. The van der Waals surface area contributed by atoms with E-state index in [2.05, 4.69) is 34.7 Å². The van der Waals surface area contributed by atoms with Crippen molar-refractivity contribution in [1.29, 1.82) is 0 Å². The fourth-order valence-corrected chi connectivity index (χ4v) is 5.87. The second-order valence-electron chi connectivity index (χ2n) is 8.20. The number of amidine groups is 1. The molecule has 9 heteroatoms. The zero-order valence-electron chi connectivity index (χ0n) is 18.2. The van der Waals surface area contributed by atoms with E-state index in [1.165, 1.54) is 17.3 Å². The minimum atomic E-state index is -0.473. The molecule has 0 bridgehead atoms. The summed E-state index contributed by atoms with van der Waals surface area (Å²) < 4.78 is 6.72. The molecule has 2 aliphatic rings. The topological polar surface area (TPSA) is 92.7 Å². The van der Waals surface area contributed by atoms with Crippen LogP contribution in [0.15, 0.2) is 47.5 Å². The Hall–Kier alpha value is -2.75. The van der Waals surface area contributed by atoms with Crippen molar-refractivity contribution in [2.45, 2.75) is 37.5 Å². The van der Waals surface area contributed by atoms with Gasteiger partial charge < -0.3 is 15.4 Å². The molecule has 3 aromatic rings. The Bertz CT molecular complexity index is 1220. The SMILES string of the molecule is Cc1ccc2nc(-c3ccc(NC(=O)C[C@@H]4SC(=NC[C@H]5CCCO5)NC4=O)cc3)sc2c1. The molecule has 2 amide bonds. The van der Waals surface area contributed by atoms with E-state index in [1.54, 1.807) is 11.3 Å². The Labute approximate surface area is 200 Å². The maximum atomic E-state index is 12.5. The van der Waals surface area contributed by atoms with Crippen LogP contribution in [0.1, 0.15) is 24.8 Å². The van der Waals surface area contributed by atoms with E-state index in [0.29, 0.717) is 17.4 Å². The lowest BCUT2D eigenvalue weighted by Crippen LogP contribution is -2.28. The number of hydrogen-bond donors (Lipinski definition) is 2. The maximum Gasteiger partial charge on any atom is 0.240 e. The lowest BCUT2D eigenvalue weighted by atomic mass is 10.2. The fourth-order valence-electron chi connectivity index (χ4n) is 3.82. The molecule has 0 aliphatic carbocycles. The van der Waals surface area contributed by atoms with Crippen LogP contribution in [0, 0.1) is 6.92 Å². The van der Waals surface area contributed by atoms with Gasteiger partial charge in [0.2, 0.25) is 11.8 Å². The first-order valence-corrected chi connectivity index (χ1v) is 12.6. The van der Waals surface area contributed by atoms with Crippen molar-refractivity contribution < 1.29 is 14.3 Å². The Balaban J connectivity index is 1.17. The normalized spacial score (nSPS) is 21.6. The van der Waals surface area contributed by atoms with Gasteiger partial charge in [-0.3, -0.25) is 14.6 Å². The van der Waals surface area contributed by atoms with E-state index in [0.717, 1.165) is 40.2 Å². The van der Waals surface area contributed by atoms with Gasteiger partial charge in [-0.25, -0.2) is 4.98 Å². The number of aliphatic imine (C=N–C) groups is 1. The van der Waals surface area contributed by atoms with Crippen LogP contribution in [0.3, 0.4) is 0 Å². The third-order valence-electron chi connectivity index (χ3n) is 5.57. The van der Waals surface area contributed by atoms with Gasteiger partial charge in [-0.1, -0.05) is 17.8 Å². The van der Waals surface area contributed by atoms with Gasteiger partial charge in [0.05, 0.1) is 22.9 Å². The average molecular weight is 481 g/mol. The van der Waals surface area contributed by atoms with Gasteiger partial charge in [-0.15, -0.1) is 11.3 Å². The molecule has 2 aliphatic heterocycles. The highest BCUT2D eigenvalue weighted by Gasteiger charge is 2.32. The van der Waals surface area contributed by atoms with Gasteiger partial charge in [-0.05, 0) is 61.7 Å². The van der Waals surface area contributed by atoms with Gasteiger partial charge in [0.1, 0.15) is 10.3 Å². The number of hydrogen-bond acceptors (Lipinski definition) is 7. The van der Waals surface area contributed by atoms with Crippen LogP contribution >= 0.6 is 23.1 Å². The highest BCUT2D eigenvalue weighted by molar-refractivity contribution is 8.15. The van der Waals surface area contributed by atoms with Crippen LogP contribution in [0.5, 0.6) is 0 Å². The van der Waals surface area contributed by atoms with Gasteiger partial charge in [-0.2, -0.15) is 0 Å². The largest absolute Gasteiger partial charge is 0.376 e. The zero-order valence-corrected chi connectivity index (χ0v) is 19.8. The van der Waals surface area contributed by atoms with E-state index >= 15 is 0 Å². The molecule has 170 valence electrons. The summed E-state index contributed by atoms with van der Waals surface area (Å²) in [5, 5.41) is 6.70. The van der Waals surface area contributed by atoms with Crippen molar-refractivity contribution in [2.75, 3.05) is 18.5 Å². The summed E-state index contributed by atoms with van der Waals surface area (Å²) in [4.78, 5) is 33.9. The Morgan fingerprint density at radius 1 is 1.27 bits per heavy atom. The summed E-state index contributed by atoms with van der Waals surface area (Å²) in [7, 11) is 0. The minimum absolute atomic E-state index is 0.0917. The number of amides is 2. The number of ether oxygens (including phenoxy) is 1. The van der Waals surface area contributed by atoms with E-state index < -0.39 is 5.25 Å². The molecule has 0 radical (unpaired) electrons. The van der Waals surface area contributed by atoms with Gasteiger partial charge in [0.15, 0.2) is 5.17 Å². The van der Waals surface area contributed by atoms with E-state index in [-0.39, 0.29) is 24.3 Å². The number of nitrogens with one attached hydrogen (secondary N) is 2. The Kier molecular flexibility index (Phi) is 6.43. The van der Waals surface area contributed by atoms with E-state index in [1.807, 2.05) is 30.3 Å². The van der Waals surface area contributed by atoms with Crippen molar-refractivity contribution in [3.8, 4) is 10.6 Å². The lowest BCUT2D eigenvalue weighted by Gasteiger charge is -2.08. The molecule has 0 saturated carbocycles. The number of fused-ring (bicyclic) bond motifs is 1. The Morgan fingerprint density at radius 2 is 2.12 bits per heavy atom. The monoisotopic (exact) mass is 480 g/mol. The average Bonchev–Trinajstić information content (AvgIpc) is 3.53. The molecule has 0 unspecified atom stereocenters. The van der Waals surface area contributed by atoms with Crippen molar-refractivity contribution in [2.24, 2.45) is 4.99 Å². The molecule has 3 heterocycles. The quantitative estimate of drug-likeness (QED) is 0.547. The predicted octanol–water partition coefficient (Wildman–Crippen LogP) is 4.37. The summed E-state index contributed by atoms with van der Waals surface area (Å²) in [6, 6.07) is 13.9. The molecule has 33 heavy (non-hydrogen) atoms. The summed E-state index contributed by atoms with van der Waals surface area (Å²) >= 11 is 2.96. The number of rotatable bonds is 6. The number of aromatic nitrogens is 1. The molecule has 2 N–H and O–H groups in total. The molecule has 2 saturated heterocycles. The first-order valence-electron chi connectivity index (χ1n) is 10.9. The molecule has 7 nitrogen and oxygen atoms in total. The number of anilines is 1. The molecule has 2 fully saturated rings. The van der Waals surface area contributed by atoms with Crippen molar-refractivity contribution in [3.05, 3.63) is 48.0 Å². The van der Waals surface area contributed by atoms with Crippen molar-refractivity contribution >= 4 is 56.0 Å². The third kappa shape index (κ3) is 5.26. The predicted molar refractivity (Wildman–Crippen MR) is 134 cm³/mol. The number of nitrogens with zero attached hydrogens (tertiary/aromatic N) is 2. The highest BCUT2D eigenvalue weighted by Crippen LogP contribution is 2.31. The minimum Gasteiger partial charge on any atom is -0.376 e. The second kappa shape index (κ2) is 9.62. The third-order valence-corrected chi connectivity index (χ3v) is 7.76. The number of benzene rings is 2. The van der Waals surface area contributed by atoms with Gasteiger partial charge in [0, 0.05) is 24.3 Å². The maximum absolute atomic E-state index is 12.5. The van der Waals surface area contributed by atoms with Crippen molar-refractivity contribution in [1.82, 2.24) is 10.3 Å². The van der Waals surface area contributed by atoms with Crippen LogP contribution in [0.4, 0.5) is 5.69 Å². The summed E-state index contributed by atoms with van der Waals surface area (Å²) in [5.41, 5.74) is 3.90. The van der Waals surface area contributed by atoms with Crippen molar-refractivity contribution in [3.63, 3.8) is 0 Å². The number of thioether (sulfide) groups is 1. The van der Waals surface area contributed by atoms with Crippen LogP contribution in [-0.4, -0.2) is 46.5 Å². The first kappa shape index (κ1) is 22.1.